The quantitative estimate of drug-likeness (QED) is 0.610. The Balaban J connectivity index is 4.39. The van der Waals surface area contributed by atoms with Gasteiger partial charge >= 0.3 is 0 Å². The first-order chi connectivity index (χ1) is 4.39. The van der Waals surface area contributed by atoms with E-state index in [1.807, 2.05) is 0 Å². The molecule has 0 saturated carbocycles. The Morgan fingerprint density at radius 2 is 2.00 bits per heavy atom. The standard InChI is InChI=1S/C5H10O4S/c1-3-5(6)4(2)10(7,8)9/h4H,3H2,1-2H3,(H,7,8,9). The largest absolute Gasteiger partial charge is 0.298 e. The van der Waals surface area contributed by atoms with Gasteiger partial charge in [0.15, 0.2) is 5.78 Å². The summed E-state index contributed by atoms with van der Waals surface area (Å²) in [5.74, 6) is -0.470. The van der Waals surface area contributed by atoms with E-state index in [2.05, 4.69) is 0 Å². The molecule has 1 unspecified atom stereocenters. The lowest BCUT2D eigenvalue weighted by Crippen LogP contribution is -2.25. The third-order valence-electron chi connectivity index (χ3n) is 1.25. The Morgan fingerprint density at radius 1 is 1.60 bits per heavy atom. The minimum atomic E-state index is -4.16. The van der Waals surface area contributed by atoms with Gasteiger partial charge in [0, 0.05) is 6.42 Å². The molecule has 4 nitrogen and oxygen atoms in total. The van der Waals surface area contributed by atoms with Gasteiger partial charge in [0.05, 0.1) is 0 Å². The van der Waals surface area contributed by atoms with E-state index in [0.29, 0.717) is 0 Å². The molecule has 5 heteroatoms. The molecular weight excluding hydrogens is 156 g/mol. The van der Waals surface area contributed by atoms with Gasteiger partial charge in [0.2, 0.25) is 0 Å². The molecule has 1 N–H and O–H groups in total. The highest BCUT2D eigenvalue weighted by Crippen LogP contribution is 2.00. The van der Waals surface area contributed by atoms with E-state index < -0.39 is 21.2 Å². The predicted octanol–water partition coefficient (Wildman–Crippen LogP) is 0.242. The Bertz CT molecular complexity index is 216. The lowest BCUT2D eigenvalue weighted by molar-refractivity contribution is -0.118. The van der Waals surface area contributed by atoms with Crippen molar-refractivity contribution in [1.82, 2.24) is 0 Å². The van der Waals surface area contributed by atoms with Crippen LogP contribution in [0.1, 0.15) is 20.3 Å². The summed E-state index contributed by atoms with van der Waals surface area (Å²) in [6.45, 7) is 2.71. The predicted molar refractivity (Wildman–Crippen MR) is 36.3 cm³/mol. The normalized spacial score (nSPS) is 14.7. The van der Waals surface area contributed by atoms with E-state index in [1.54, 1.807) is 6.92 Å². The van der Waals surface area contributed by atoms with Crippen molar-refractivity contribution in [3.8, 4) is 0 Å². The third-order valence-corrected chi connectivity index (χ3v) is 2.41. The molecule has 10 heavy (non-hydrogen) atoms. The molecule has 0 spiro atoms. The number of rotatable bonds is 3. The van der Waals surface area contributed by atoms with Gasteiger partial charge in [-0.05, 0) is 6.92 Å². The molecule has 1 atom stereocenters. The molecule has 0 radical (unpaired) electrons. The fourth-order valence-electron chi connectivity index (χ4n) is 0.454. The summed E-state index contributed by atoms with van der Waals surface area (Å²) in [6, 6.07) is 0. The second kappa shape index (κ2) is 3.12. The second-order valence-corrected chi connectivity index (χ2v) is 3.71. The van der Waals surface area contributed by atoms with Gasteiger partial charge in [-0.3, -0.25) is 9.35 Å². The van der Waals surface area contributed by atoms with E-state index in [-0.39, 0.29) is 6.42 Å². The van der Waals surface area contributed by atoms with Crippen molar-refractivity contribution >= 4 is 15.9 Å². The zero-order chi connectivity index (χ0) is 8.36. The van der Waals surface area contributed by atoms with Crippen LogP contribution in [0.5, 0.6) is 0 Å². The number of ketones is 1. The molecule has 0 aliphatic carbocycles. The first-order valence-corrected chi connectivity index (χ1v) is 4.39. The zero-order valence-corrected chi connectivity index (χ0v) is 6.68. The van der Waals surface area contributed by atoms with Crippen molar-refractivity contribution in [2.45, 2.75) is 25.5 Å². The lowest BCUT2D eigenvalue weighted by Gasteiger charge is -2.02. The summed E-state index contributed by atoms with van der Waals surface area (Å²) in [6.07, 6.45) is 0.126. The average molecular weight is 166 g/mol. The minimum absolute atomic E-state index is 0.126. The zero-order valence-electron chi connectivity index (χ0n) is 5.86. The van der Waals surface area contributed by atoms with E-state index in [1.165, 1.54) is 6.92 Å². The average Bonchev–Trinajstić information content (AvgIpc) is 1.83. The van der Waals surface area contributed by atoms with Gasteiger partial charge in [-0.2, -0.15) is 8.42 Å². The van der Waals surface area contributed by atoms with Crippen molar-refractivity contribution in [3.05, 3.63) is 0 Å². The molecule has 0 rings (SSSR count). The number of carbonyl (C=O) groups excluding carboxylic acids is 1. The smallest absolute Gasteiger partial charge is 0.274 e. The van der Waals surface area contributed by atoms with Crippen LogP contribution in [0.4, 0.5) is 0 Å². The number of Topliss-reactive ketones (excluding diaryl/α,β-unsaturated/α-hetero) is 1. The minimum Gasteiger partial charge on any atom is -0.298 e. The van der Waals surface area contributed by atoms with Gasteiger partial charge in [-0.1, -0.05) is 6.92 Å². The van der Waals surface area contributed by atoms with Crippen molar-refractivity contribution in [2.75, 3.05) is 0 Å². The topological polar surface area (TPSA) is 71.4 Å². The maximum Gasteiger partial charge on any atom is 0.274 e. The molecule has 0 saturated heterocycles. The van der Waals surface area contributed by atoms with Gasteiger partial charge in [0.25, 0.3) is 10.1 Å². The first kappa shape index (κ1) is 9.58. The van der Waals surface area contributed by atoms with Gasteiger partial charge in [-0.15, -0.1) is 0 Å². The van der Waals surface area contributed by atoms with E-state index in [4.69, 9.17) is 4.55 Å². The maximum absolute atomic E-state index is 10.6. The monoisotopic (exact) mass is 166 g/mol. The fraction of sp³-hybridized carbons (Fsp3) is 0.800. The Morgan fingerprint density at radius 3 is 2.10 bits per heavy atom. The van der Waals surface area contributed by atoms with E-state index in [9.17, 15) is 13.2 Å². The van der Waals surface area contributed by atoms with Crippen LogP contribution in [0, 0.1) is 0 Å². The number of carbonyl (C=O) groups is 1. The third kappa shape index (κ3) is 2.45. The molecule has 0 aliphatic heterocycles. The molecule has 0 amide bonds. The summed E-state index contributed by atoms with van der Waals surface area (Å²) in [7, 11) is -4.16. The van der Waals surface area contributed by atoms with Crippen LogP contribution in [0.2, 0.25) is 0 Å². The van der Waals surface area contributed by atoms with Crippen LogP contribution >= 0.6 is 0 Å². The van der Waals surface area contributed by atoms with Gasteiger partial charge in [-0.25, -0.2) is 0 Å². The molecule has 0 heterocycles. The highest BCUT2D eigenvalue weighted by atomic mass is 32.2. The second-order valence-electron chi connectivity index (χ2n) is 1.98. The van der Waals surface area contributed by atoms with Crippen LogP contribution in [0.3, 0.4) is 0 Å². The molecule has 0 aromatic heterocycles. The van der Waals surface area contributed by atoms with Crippen LogP contribution in [-0.2, 0) is 14.9 Å². The maximum atomic E-state index is 10.6. The molecule has 0 bridgehead atoms. The van der Waals surface area contributed by atoms with Gasteiger partial charge in [0.1, 0.15) is 5.25 Å². The van der Waals surface area contributed by atoms with Crippen molar-refractivity contribution in [1.29, 1.82) is 0 Å². The van der Waals surface area contributed by atoms with Crippen molar-refractivity contribution < 1.29 is 17.8 Å². The fourth-order valence-corrected chi connectivity index (χ4v) is 0.952. The summed E-state index contributed by atoms with van der Waals surface area (Å²) in [4.78, 5) is 10.6. The highest BCUT2D eigenvalue weighted by molar-refractivity contribution is 7.87. The highest BCUT2D eigenvalue weighted by Gasteiger charge is 2.23. The summed E-state index contributed by atoms with van der Waals surface area (Å²) >= 11 is 0. The van der Waals surface area contributed by atoms with Crippen molar-refractivity contribution in [3.63, 3.8) is 0 Å². The molecular formula is C5H10O4S. The van der Waals surface area contributed by atoms with Crippen molar-refractivity contribution in [2.24, 2.45) is 0 Å². The molecule has 0 aliphatic rings. The van der Waals surface area contributed by atoms with Crippen LogP contribution < -0.4 is 0 Å². The first-order valence-electron chi connectivity index (χ1n) is 2.88. The molecule has 0 aromatic rings. The number of hydrogen-bond acceptors (Lipinski definition) is 3. The van der Waals surface area contributed by atoms with Crippen LogP contribution in [0.25, 0.3) is 0 Å². The van der Waals surface area contributed by atoms with E-state index >= 15 is 0 Å². The van der Waals surface area contributed by atoms with Gasteiger partial charge < -0.3 is 0 Å². The van der Waals surface area contributed by atoms with Crippen LogP contribution in [-0.4, -0.2) is 24.0 Å². The number of hydrogen-bond donors (Lipinski definition) is 1. The summed E-state index contributed by atoms with van der Waals surface area (Å²) in [5.41, 5.74) is 0. The Hall–Kier alpha value is -0.420. The Labute approximate surface area is 60.0 Å². The van der Waals surface area contributed by atoms with E-state index in [0.717, 1.165) is 0 Å². The SMILES string of the molecule is CCC(=O)C(C)S(=O)(=O)O. The van der Waals surface area contributed by atoms with Crippen LogP contribution in [0.15, 0.2) is 0 Å². The lowest BCUT2D eigenvalue weighted by atomic mass is 10.2. The summed E-state index contributed by atoms with van der Waals surface area (Å²) < 4.78 is 28.9. The molecule has 0 fully saturated rings. The Kier molecular flexibility index (Phi) is 2.98. The molecule has 60 valence electrons. The molecule has 0 aromatic carbocycles. The summed E-state index contributed by atoms with van der Waals surface area (Å²) in [5, 5.41) is -1.28.